The molecule has 1 heterocycles. The Morgan fingerprint density at radius 3 is 2.25 bits per heavy atom. The van der Waals surface area contributed by atoms with E-state index in [4.69, 9.17) is 4.43 Å². The fraction of sp³-hybridized carbons (Fsp3) is 1.00. The molecule has 0 aromatic rings. The van der Waals surface area contributed by atoms with Crippen LogP contribution in [-0.2, 0) is 4.43 Å². The Hall–Kier alpha value is 0.354. The molecule has 1 fully saturated rings. The normalized spacial score (nSPS) is 32.8. The van der Waals surface area contributed by atoms with Crippen LogP contribution in [0.1, 0.15) is 6.42 Å². The highest BCUT2D eigenvalue weighted by Crippen LogP contribution is 2.31. The zero-order valence-corrected chi connectivity index (χ0v) is 11.0. The predicted octanol–water partition coefficient (Wildman–Crippen LogP) is 2.25. The molecule has 0 bridgehead atoms. The van der Waals surface area contributed by atoms with Crippen molar-refractivity contribution < 1.29 is 4.43 Å². The summed E-state index contributed by atoms with van der Waals surface area (Å²) in [6.07, 6.45) is 1.35. The van der Waals surface area contributed by atoms with Crippen molar-refractivity contribution in [2.75, 3.05) is 13.7 Å². The van der Waals surface area contributed by atoms with Gasteiger partial charge in [0.2, 0.25) is 0 Å². The average Bonchev–Trinajstić information content (AvgIpc) is 2.31. The maximum absolute atomic E-state index is 5.74. The summed E-state index contributed by atoms with van der Waals surface area (Å²) in [5, 5.41) is 0. The number of hydrogen-bond acceptors (Lipinski definition) is 2. The van der Waals surface area contributed by atoms with E-state index in [1.165, 1.54) is 19.0 Å². The molecule has 1 rings (SSSR count). The molecule has 0 radical (unpaired) electrons. The molecular formula is C8H21NOSi2. The molecule has 0 aromatic heterocycles. The van der Waals surface area contributed by atoms with Crippen LogP contribution in [0, 0.1) is 0 Å². The standard InChI is InChI=1S/C8H21NOSi2/c1-10-12(5)8-6-7-9(12)11(2,3)4/h6-8H2,1-5H3. The second-order valence-corrected chi connectivity index (χ2v) is 13.9. The maximum Gasteiger partial charge on any atom is 0.261 e. The van der Waals surface area contributed by atoms with Crippen LogP contribution >= 0.6 is 0 Å². The summed E-state index contributed by atoms with van der Waals surface area (Å²) in [7, 11) is -0.647. The van der Waals surface area contributed by atoms with Gasteiger partial charge in [0.25, 0.3) is 8.48 Å². The summed E-state index contributed by atoms with van der Waals surface area (Å²) in [6.45, 7) is 10.9. The minimum atomic E-state index is -1.43. The van der Waals surface area contributed by atoms with Crippen molar-refractivity contribution in [1.82, 2.24) is 4.23 Å². The largest absolute Gasteiger partial charge is 0.407 e. The molecule has 12 heavy (non-hydrogen) atoms. The van der Waals surface area contributed by atoms with E-state index < -0.39 is 16.7 Å². The molecular weight excluding hydrogens is 182 g/mol. The third kappa shape index (κ3) is 1.81. The highest BCUT2D eigenvalue weighted by molar-refractivity contribution is 6.88. The van der Waals surface area contributed by atoms with Crippen molar-refractivity contribution in [2.24, 2.45) is 0 Å². The zero-order chi connectivity index (χ0) is 9.41. The van der Waals surface area contributed by atoms with Crippen LogP contribution in [0.2, 0.25) is 32.2 Å². The first-order valence-electron chi connectivity index (χ1n) is 4.73. The van der Waals surface area contributed by atoms with E-state index in [0.717, 1.165) is 0 Å². The fourth-order valence-electron chi connectivity index (χ4n) is 2.19. The number of nitrogens with zero attached hydrogens (tertiary/aromatic N) is 1. The van der Waals surface area contributed by atoms with Gasteiger partial charge in [0.1, 0.15) is 8.24 Å². The van der Waals surface area contributed by atoms with Gasteiger partial charge in [0.05, 0.1) is 0 Å². The van der Waals surface area contributed by atoms with Gasteiger partial charge in [-0.3, -0.25) is 0 Å². The summed E-state index contributed by atoms with van der Waals surface area (Å²) in [5.74, 6) is 0. The predicted molar refractivity (Wildman–Crippen MR) is 58.1 cm³/mol. The van der Waals surface area contributed by atoms with Crippen molar-refractivity contribution >= 4 is 16.7 Å². The molecule has 2 nitrogen and oxygen atoms in total. The van der Waals surface area contributed by atoms with Crippen LogP contribution in [0.5, 0.6) is 0 Å². The maximum atomic E-state index is 5.74. The number of hydrogen-bond donors (Lipinski definition) is 0. The van der Waals surface area contributed by atoms with Gasteiger partial charge in [-0.2, -0.15) is 0 Å². The van der Waals surface area contributed by atoms with E-state index in [0.29, 0.717) is 0 Å². The molecule has 0 N–H and O–H groups in total. The van der Waals surface area contributed by atoms with E-state index in [-0.39, 0.29) is 0 Å². The molecule has 1 atom stereocenters. The van der Waals surface area contributed by atoms with E-state index in [2.05, 4.69) is 30.4 Å². The van der Waals surface area contributed by atoms with Gasteiger partial charge >= 0.3 is 0 Å². The van der Waals surface area contributed by atoms with Gasteiger partial charge in [-0.05, 0) is 25.6 Å². The average molecular weight is 203 g/mol. The van der Waals surface area contributed by atoms with Gasteiger partial charge in [-0.25, -0.2) is 0 Å². The first-order valence-corrected chi connectivity index (χ1v) is 10.7. The van der Waals surface area contributed by atoms with E-state index in [1.54, 1.807) is 0 Å². The molecule has 4 heteroatoms. The lowest BCUT2D eigenvalue weighted by Gasteiger charge is -2.40. The summed E-state index contributed by atoms with van der Waals surface area (Å²) < 4.78 is 8.46. The zero-order valence-electron chi connectivity index (χ0n) is 8.98. The van der Waals surface area contributed by atoms with Crippen LogP contribution in [-0.4, -0.2) is 34.6 Å². The van der Waals surface area contributed by atoms with E-state index in [1.807, 2.05) is 7.11 Å². The smallest absolute Gasteiger partial charge is 0.261 e. The highest BCUT2D eigenvalue weighted by atomic mass is 28.4. The van der Waals surface area contributed by atoms with Gasteiger partial charge in [0, 0.05) is 7.11 Å². The first-order chi connectivity index (χ1) is 5.40. The quantitative estimate of drug-likeness (QED) is 0.638. The fourth-order valence-corrected chi connectivity index (χ4v) is 11.4. The van der Waals surface area contributed by atoms with Gasteiger partial charge in [-0.1, -0.05) is 19.6 Å². The Balaban J connectivity index is 2.77. The molecule has 1 unspecified atom stereocenters. The van der Waals surface area contributed by atoms with E-state index >= 15 is 0 Å². The Labute approximate surface area is 78.2 Å². The van der Waals surface area contributed by atoms with Crippen LogP contribution in [0.25, 0.3) is 0 Å². The van der Waals surface area contributed by atoms with Crippen LogP contribution < -0.4 is 0 Å². The van der Waals surface area contributed by atoms with Gasteiger partial charge in [0.15, 0.2) is 0 Å². The molecule has 72 valence electrons. The molecule has 0 aliphatic carbocycles. The lowest BCUT2D eigenvalue weighted by molar-refractivity contribution is 0.364. The lowest BCUT2D eigenvalue weighted by atomic mass is 10.5. The molecule has 0 aromatic carbocycles. The Morgan fingerprint density at radius 2 is 1.92 bits per heavy atom. The molecule has 0 saturated carbocycles. The van der Waals surface area contributed by atoms with Crippen molar-refractivity contribution in [1.29, 1.82) is 0 Å². The first kappa shape index (κ1) is 10.4. The number of rotatable bonds is 2. The molecule has 1 aliphatic heterocycles. The van der Waals surface area contributed by atoms with E-state index in [9.17, 15) is 0 Å². The van der Waals surface area contributed by atoms with Crippen molar-refractivity contribution in [2.45, 2.75) is 38.7 Å². The van der Waals surface area contributed by atoms with Crippen molar-refractivity contribution in [3.63, 3.8) is 0 Å². The Morgan fingerprint density at radius 1 is 1.33 bits per heavy atom. The summed E-state index contributed by atoms with van der Waals surface area (Å²) in [4.78, 5) is 0. The molecule has 0 spiro atoms. The van der Waals surface area contributed by atoms with Crippen molar-refractivity contribution in [3.8, 4) is 0 Å². The van der Waals surface area contributed by atoms with Gasteiger partial charge in [-0.15, -0.1) is 0 Å². The highest BCUT2D eigenvalue weighted by Gasteiger charge is 2.45. The second-order valence-electron chi connectivity index (χ2n) is 4.81. The second kappa shape index (κ2) is 3.25. The topological polar surface area (TPSA) is 12.5 Å². The SMILES string of the molecule is CO[Si]1(C)CCCN1[Si](C)(C)C. The van der Waals surface area contributed by atoms with Crippen LogP contribution in [0.3, 0.4) is 0 Å². The molecule has 1 aliphatic rings. The summed E-state index contributed by atoms with van der Waals surface area (Å²) >= 11 is 0. The van der Waals surface area contributed by atoms with Gasteiger partial charge < -0.3 is 8.66 Å². The Bertz CT molecular complexity index is 169. The minimum absolute atomic E-state index is 1.11. The lowest BCUT2D eigenvalue weighted by Crippen LogP contribution is -2.59. The Kier molecular flexibility index (Phi) is 2.83. The third-order valence-electron chi connectivity index (χ3n) is 2.84. The van der Waals surface area contributed by atoms with Crippen LogP contribution in [0.15, 0.2) is 0 Å². The molecule has 0 amide bonds. The summed E-state index contributed by atoms with van der Waals surface area (Å²) in [5.41, 5.74) is 0. The molecule has 1 saturated heterocycles. The van der Waals surface area contributed by atoms with Crippen molar-refractivity contribution in [3.05, 3.63) is 0 Å². The minimum Gasteiger partial charge on any atom is -0.407 e. The third-order valence-corrected chi connectivity index (χ3v) is 11.6. The summed E-state index contributed by atoms with van der Waals surface area (Å²) in [6, 6.07) is 1.33. The van der Waals surface area contributed by atoms with Crippen LogP contribution in [0.4, 0.5) is 0 Å². The monoisotopic (exact) mass is 203 g/mol.